The Morgan fingerprint density at radius 3 is 2.35 bits per heavy atom. The van der Waals surface area contributed by atoms with Gasteiger partial charge in [0.25, 0.3) is 15.5 Å². The molecule has 0 aliphatic carbocycles. The Morgan fingerprint density at radius 2 is 2.00 bits per heavy atom. The van der Waals surface area contributed by atoms with Crippen molar-refractivity contribution in [3.8, 4) is 0 Å². The molecule has 1 rings (SSSR count). The highest BCUT2D eigenvalue weighted by Gasteiger charge is 2.30. The number of aromatic amines is 1. The number of H-pyrrole nitrogens is 1. The van der Waals surface area contributed by atoms with E-state index in [0.717, 1.165) is 0 Å². The second-order valence-electron chi connectivity index (χ2n) is 2.76. The minimum Gasteiger partial charge on any atom is -0.358 e. The standard InChI is InChI=1S/C6H3ClF2N2O5S/c7-17(15,16)4-3(12)1-2(5(8)9)10-6(4)11(13)14/h1,5H,(H,10,12). The number of aromatic nitrogens is 1. The molecule has 0 amide bonds. The lowest BCUT2D eigenvalue weighted by Crippen LogP contribution is -2.16. The summed E-state index contributed by atoms with van der Waals surface area (Å²) in [6, 6.07) is 0.243. The first-order chi connectivity index (χ1) is 7.64. The number of rotatable bonds is 3. The number of nitrogens with one attached hydrogen (secondary N) is 1. The Hall–Kier alpha value is -1.55. The summed E-state index contributed by atoms with van der Waals surface area (Å²) in [4.78, 5) is 20.5. The number of hydrogen-bond acceptors (Lipinski definition) is 5. The molecule has 17 heavy (non-hydrogen) atoms. The van der Waals surface area contributed by atoms with E-state index in [1.807, 2.05) is 0 Å². The molecule has 94 valence electrons. The summed E-state index contributed by atoms with van der Waals surface area (Å²) in [7, 11) is 0.0955. The van der Waals surface area contributed by atoms with Crippen LogP contribution in [-0.4, -0.2) is 18.3 Å². The summed E-state index contributed by atoms with van der Waals surface area (Å²) in [5.41, 5.74) is -2.54. The van der Waals surface area contributed by atoms with E-state index in [2.05, 4.69) is 0 Å². The Balaban J connectivity index is 3.74. The van der Waals surface area contributed by atoms with Crippen molar-refractivity contribution < 1.29 is 22.1 Å². The maximum absolute atomic E-state index is 12.2. The van der Waals surface area contributed by atoms with Crippen molar-refractivity contribution in [2.75, 3.05) is 0 Å². The Morgan fingerprint density at radius 1 is 1.47 bits per heavy atom. The van der Waals surface area contributed by atoms with Gasteiger partial charge in [0.1, 0.15) is 0 Å². The van der Waals surface area contributed by atoms with E-state index in [4.69, 9.17) is 10.7 Å². The molecular formula is C6H3ClF2N2O5S. The van der Waals surface area contributed by atoms with Crippen LogP contribution in [0.1, 0.15) is 12.1 Å². The van der Waals surface area contributed by atoms with Gasteiger partial charge in [0, 0.05) is 16.7 Å². The molecule has 0 unspecified atom stereocenters. The molecule has 0 radical (unpaired) electrons. The summed E-state index contributed by atoms with van der Waals surface area (Å²) < 4.78 is 46.3. The van der Waals surface area contributed by atoms with Crippen LogP contribution < -0.4 is 5.43 Å². The number of alkyl halides is 2. The van der Waals surface area contributed by atoms with Crippen LogP contribution in [0.3, 0.4) is 0 Å². The van der Waals surface area contributed by atoms with Gasteiger partial charge in [0.05, 0.1) is 0 Å². The van der Waals surface area contributed by atoms with Crippen molar-refractivity contribution in [3.63, 3.8) is 0 Å². The lowest BCUT2D eigenvalue weighted by Gasteiger charge is -2.02. The number of halogens is 3. The molecule has 1 N–H and O–H groups in total. The fourth-order valence-electron chi connectivity index (χ4n) is 1.03. The summed E-state index contributed by atoms with van der Waals surface area (Å²) in [5, 5.41) is 10.5. The lowest BCUT2D eigenvalue weighted by atomic mass is 10.3. The Kier molecular flexibility index (Phi) is 3.48. The second-order valence-corrected chi connectivity index (χ2v) is 5.27. The minimum atomic E-state index is -4.71. The molecule has 0 saturated carbocycles. The van der Waals surface area contributed by atoms with Gasteiger partial charge in [-0.1, -0.05) is 0 Å². The van der Waals surface area contributed by atoms with Gasteiger partial charge in [0.15, 0.2) is 5.69 Å². The molecular weight excluding hydrogens is 286 g/mol. The molecule has 0 fully saturated rings. The normalized spacial score (nSPS) is 11.8. The minimum absolute atomic E-state index is 0.243. The van der Waals surface area contributed by atoms with E-state index >= 15 is 0 Å². The third kappa shape index (κ3) is 2.77. The predicted molar refractivity (Wildman–Crippen MR) is 51.7 cm³/mol. The molecule has 0 atom stereocenters. The molecule has 0 aliphatic heterocycles. The molecule has 7 nitrogen and oxygen atoms in total. The first kappa shape index (κ1) is 13.5. The van der Waals surface area contributed by atoms with E-state index < -0.39 is 42.2 Å². The summed E-state index contributed by atoms with van der Waals surface area (Å²) in [6.45, 7) is 0. The largest absolute Gasteiger partial charge is 0.358 e. The van der Waals surface area contributed by atoms with Crippen molar-refractivity contribution >= 4 is 25.6 Å². The average molecular weight is 289 g/mol. The Labute approximate surface area is 96.6 Å². The van der Waals surface area contributed by atoms with Crippen LogP contribution in [0.2, 0.25) is 0 Å². The Bertz CT molecular complexity index is 626. The van der Waals surface area contributed by atoms with Gasteiger partial charge >= 0.3 is 5.82 Å². The van der Waals surface area contributed by atoms with Crippen molar-refractivity contribution in [2.24, 2.45) is 0 Å². The van der Waals surface area contributed by atoms with Gasteiger partial charge in [-0.15, -0.1) is 0 Å². The van der Waals surface area contributed by atoms with Crippen molar-refractivity contribution in [1.82, 2.24) is 4.98 Å². The van der Waals surface area contributed by atoms with Gasteiger partial charge in [-0.25, -0.2) is 22.2 Å². The zero-order chi connectivity index (χ0) is 13.4. The fourth-order valence-corrected chi connectivity index (χ4v) is 2.14. The van der Waals surface area contributed by atoms with E-state index in [9.17, 15) is 32.1 Å². The van der Waals surface area contributed by atoms with E-state index in [1.54, 1.807) is 4.98 Å². The van der Waals surface area contributed by atoms with Gasteiger partial charge in [0.2, 0.25) is 10.3 Å². The van der Waals surface area contributed by atoms with Crippen molar-refractivity contribution in [2.45, 2.75) is 11.3 Å². The molecule has 0 aromatic carbocycles. The first-order valence-electron chi connectivity index (χ1n) is 3.79. The highest BCUT2D eigenvalue weighted by atomic mass is 35.7. The SMILES string of the molecule is O=c1cc(C(F)F)[nH]c([N+](=O)[O-])c1S(=O)(=O)Cl. The van der Waals surface area contributed by atoms with Crippen LogP contribution in [0.25, 0.3) is 0 Å². The fraction of sp³-hybridized carbons (Fsp3) is 0.167. The number of nitro groups is 1. The zero-order valence-corrected chi connectivity index (χ0v) is 9.26. The molecule has 0 aliphatic rings. The maximum atomic E-state index is 12.2. The molecule has 1 aromatic heterocycles. The van der Waals surface area contributed by atoms with E-state index in [0.29, 0.717) is 0 Å². The van der Waals surface area contributed by atoms with Crippen LogP contribution in [0, 0.1) is 10.1 Å². The molecule has 0 saturated heterocycles. The predicted octanol–water partition coefficient (Wildman–Crippen LogP) is 1.15. The van der Waals surface area contributed by atoms with Gasteiger partial charge in [-0.2, -0.15) is 0 Å². The third-order valence-electron chi connectivity index (χ3n) is 1.65. The van der Waals surface area contributed by atoms with Crippen molar-refractivity contribution in [3.05, 3.63) is 32.1 Å². The molecule has 1 heterocycles. The number of pyridine rings is 1. The summed E-state index contributed by atoms with van der Waals surface area (Å²) in [5.74, 6) is -1.39. The summed E-state index contributed by atoms with van der Waals surface area (Å²) >= 11 is 0. The van der Waals surface area contributed by atoms with Crippen LogP contribution in [0.5, 0.6) is 0 Å². The monoisotopic (exact) mass is 288 g/mol. The van der Waals surface area contributed by atoms with E-state index in [1.165, 1.54) is 0 Å². The molecule has 0 bridgehead atoms. The molecule has 1 aromatic rings. The topological polar surface area (TPSA) is 110 Å². The average Bonchev–Trinajstić information content (AvgIpc) is 2.13. The zero-order valence-electron chi connectivity index (χ0n) is 7.69. The van der Waals surface area contributed by atoms with Crippen LogP contribution >= 0.6 is 10.7 Å². The molecule has 0 spiro atoms. The van der Waals surface area contributed by atoms with Crippen LogP contribution in [0.15, 0.2) is 15.8 Å². The number of hydrogen-bond donors (Lipinski definition) is 1. The van der Waals surface area contributed by atoms with E-state index in [-0.39, 0.29) is 6.07 Å². The third-order valence-corrected chi connectivity index (χ3v) is 2.99. The highest BCUT2D eigenvalue weighted by Crippen LogP contribution is 2.24. The van der Waals surface area contributed by atoms with Gasteiger partial charge in [-0.3, -0.25) is 4.79 Å². The van der Waals surface area contributed by atoms with Crippen LogP contribution in [-0.2, 0) is 9.05 Å². The van der Waals surface area contributed by atoms with Crippen LogP contribution in [0.4, 0.5) is 14.6 Å². The second kappa shape index (κ2) is 4.37. The smallest absolute Gasteiger partial charge is 0.345 e. The van der Waals surface area contributed by atoms with Crippen molar-refractivity contribution in [1.29, 1.82) is 0 Å². The molecule has 11 heteroatoms. The van der Waals surface area contributed by atoms with Gasteiger partial charge < -0.3 is 10.1 Å². The highest BCUT2D eigenvalue weighted by molar-refractivity contribution is 8.13. The number of nitrogens with zero attached hydrogens (tertiary/aromatic N) is 1. The first-order valence-corrected chi connectivity index (χ1v) is 6.10. The maximum Gasteiger partial charge on any atom is 0.345 e. The van der Waals surface area contributed by atoms with Gasteiger partial charge in [-0.05, 0) is 4.92 Å². The quantitative estimate of drug-likeness (QED) is 0.509. The summed E-state index contributed by atoms with van der Waals surface area (Å²) in [6.07, 6.45) is -3.19. The lowest BCUT2D eigenvalue weighted by molar-refractivity contribution is -0.392.